The SMILES string of the molecule is C[C@@H]1C[C@H](CC(=O)O)CC(C)(C)C1. The Bertz CT molecular complexity index is 196. The summed E-state index contributed by atoms with van der Waals surface area (Å²) in [6, 6.07) is 0. The Morgan fingerprint density at radius 2 is 2.08 bits per heavy atom. The van der Waals surface area contributed by atoms with Crippen molar-refractivity contribution in [2.24, 2.45) is 17.3 Å². The minimum atomic E-state index is -0.644. The maximum absolute atomic E-state index is 10.6. The van der Waals surface area contributed by atoms with Crippen molar-refractivity contribution >= 4 is 5.97 Å². The summed E-state index contributed by atoms with van der Waals surface area (Å²) in [6.45, 7) is 6.73. The van der Waals surface area contributed by atoms with E-state index in [0.717, 1.165) is 12.8 Å². The molecule has 76 valence electrons. The van der Waals surface area contributed by atoms with Gasteiger partial charge in [-0.25, -0.2) is 0 Å². The molecule has 0 bridgehead atoms. The van der Waals surface area contributed by atoms with E-state index in [4.69, 9.17) is 5.11 Å². The van der Waals surface area contributed by atoms with E-state index in [1.807, 2.05) is 0 Å². The van der Waals surface area contributed by atoms with Gasteiger partial charge in [0.25, 0.3) is 0 Å². The fourth-order valence-electron chi connectivity index (χ4n) is 2.95. The van der Waals surface area contributed by atoms with Gasteiger partial charge in [0.15, 0.2) is 0 Å². The minimum absolute atomic E-state index is 0.345. The highest BCUT2D eigenvalue weighted by molar-refractivity contribution is 5.67. The third-order valence-corrected chi connectivity index (χ3v) is 2.94. The highest BCUT2D eigenvalue weighted by atomic mass is 16.4. The Balaban J connectivity index is 2.52. The Morgan fingerprint density at radius 3 is 2.54 bits per heavy atom. The van der Waals surface area contributed by atoms with Gasteiger partial charge in [0, 0.05) is 6.42 Å². The summed E-state index contributed by atoms with van der Waals surface area (Å²) in [5, 5.41) is 8.72. The molecule has 1 rings (SSSR count). The second-order valence-corrected chi connectivity index (χ2v) is 5.38. The largest absolute Gasteiger partial charge is 0.481 e. The second kappa shape index (κ2) is 3.69. The average molecular weight is 184 g/mol. The zero-order chi connectivity index (χ0) is 10.1. The smallest absolute Gasteiger partial charge is 0.303 e. The van der Waals surface area contributed by atoms with Gasteiger partial charge in [-0.05, 0) is 36.5 Å². The molecular weight excluding hydrogens is 164 g/mol. The third-order valence-electron chi connectivity index (χ3n) is 2.94. The van der Waals surface area contributed by atoms with Crippen LogP contribution in [0.2, 0.25) is 0 Å². The summed E-state index contributed by atoms with van der Waals surface area (Å²) >= 11 is 0. The van der Waals surface area contributed by atoms with Gasteiger partial charge in [-0.3, -0.25) is 4.79 Å². The van der Waals surface area contributed by atoms with Crippen LogP contribution < -0.4 is 0 Å². The van der Waals surface area contributed by atoms with Crippen LogP contribution in [0.15, 0.2) is 0 Å². The summed E-state index contributed by atoms with van der Waals surface area (Å²) in [7, 11) is 0. The van der Waals surface area contributed by atoms with Crippen molar-refractivity contribution in [2.45, 2.75) is 46.5 Å². The predicted octanol–water partition coefficient (Wildman–Crippen LogP) is 2.92. The maximum atomic E-state index is 10.6. The third kappa shape index (κ3) is 3.37. The molecule has 2 heteroatoms. The van der Waals surface area contributed by atoms with Crippen molar-refractivity contribution in [1.29, 1.82) is 0 Å². The topological polar surface area (TPSA) is 37.3 Å². The number of carbonyl (C=O) groups is 1. The molecule has 0 aromatic carbocycles. The van der Waals surface area contributed by atoms with Crippen LogP contribution in [0.25, 0.3) is 0 Å². The molecule has 1 aliphatic rings. The van der Waals surface area contributed by atoms with Crippen molar-refractivity contribution in [2.75, 3.05) is 0 Å². The molecule has 0 unspecified atom stereocenters. The van der Waals surface area contributed by atoms with Crippen LogP contribution in [0, 0.1) is 17.3 Å². The predicted molar refractivity (Wildman–Crippen MR) is 52.5 cm³/mol. The number of carboxylic acid groups (broad SMARTS) is 1. The van der Waals surface area contributed by atoms with E-state index < -0.39 is 5.97 Å². The zero-order valence-corrected chi connectivity index (χ0v) is 8.84. The van der Waals surface area contributed by atoms with Crippen molar-refractivity contribution in [3.8, 4) is 0 Å². The van der Waals surface area contributed by atoms with Gasteiger partial charge in [-0.2, -0.15) is 0 Å². The highest BCUT2D eigenvalue weighted by Crippen LogP contribution is 2.42. The minimum Gasteiger partial charge on any atom is -0.481 e. The van der Waals surface area contributed by atoms with Gasteiger partial charge in [-0.1, -0.05) is 20.8 Å². The van der Waals surface area contributed by atoms with Crippen LogP contribution >= 0.6 is 0 Å². The molecule has 0 radical (unpaired) electrons. The lowest BCUT2D eigenvalue weighted by atomic mass is 9.67. The first-order valence-electron chi connectivity index (χ1n) is 5.11. The van der Waals surface area contributed by atoms with Crippen molar-refractivity contribution in [3.05, 3.63) is 0 Å². The molecule has 2 atom stereocenters. The molecule has 1 aliphatic carbocycles. The molecule has 2 nitrogen and oxygen atoms in total. The van der Waals surface area contributed by atoms with Gasteiger partial charge < -0.3 is 5.11 Å². The average Bonchev–Trinajstić information content (AvgIpc) is 1.78. The lowest BCUT2D eigenvalue weighted by Gasteiger charge is -2.38. The quantitative estimate of drug-likeness (QED) is 0.716. The van der Waals surface area contributed by atoms with Gasteiger partial charge in [0.05, 0.1) is 0 Å². The lowest BCUT2D eigenvalue weighted by molar-refractivity contribution is -0.138. The number of hydrogen-bond acceptors (Lipinski definition) is 1. The van der Waals surface area contributed by atoms with E-state index in [9.17, 15) is 4.79 Å². The van der Waals surface area contributed by atoms with Crippen LogP contribution in [0.4, 0.5) is 0 Å². The fourth-order valence-corrected chi connectivity index (χ4v) is 2.95. The molecule has 0 aliphatic heterocycles. The van der Waals surface area contributed by atoms with E-state index in [-0.39, 0.29) is 0 Å². The van der Waals surface area contributed by atoms with Gasteiger partial charge in [-0.15, -0.1) is 0 Å². The number of carboxylic acids is 1. The van der Waals surface area contributed by atoms with Crippen LogP contribution in [0.3, 0.4) is 0 Å². The van der Waals surface area contributed by atoms with E-state index in [2.05, 4.69) is 20.8 Å². The Hall–Kier alpha value is -0.530. The maximum Gasteiger partial charge on any atom is 0.303 e. The first kappa shape index (κ1) is 10.6. The van der Waals surface area contributed by atoms with E-state index >= 15 is 0 Å². The van der Waals surface area contributed by atoms with Gasteiger partial charge in [0.1, 0.15) is 0 Å². The Morgan fingerprint density at radius 1 is 1.46 bits per heavy atom. The summed E-state index contributed by atoms with van der Waals surface area (Å²) in [4.78, 5) is 10.6. The molecule has 0 aromatic heterocycles. The number of rotatable bonds is 2. The van der Waals surface area contributed by atoms with E-state index in [1.54, 1.807) is 0 Å². The molecule has 1 saturated carbocycles. The molecule has 0 amide bonds. The van der Waals surface area contributed by atoms with Crippen LogP contribution in [0.1, 0.15) is 46.5 Å². The van der Waals surface area contributed by atoms with Crippen LogP contribution in [-0.2, 0) is 4.79 Å². The van der Waals surface area contributed by atoms with Gasteiger partial charge in [0.2, 0.25) is 0 Å². The summed E-state index contributed by atoms with van der Waals surface area (Å²) in [6.07, 6.45) is 3.76. The first-order chi connectivity index (χ1) is 5.89. The molecular formula is C11H20O2. The van der Waals surface area contributed by atoms with Crippen molar-refractivity contribution < 1.29 is 9.90 Å². The summed E-state index contributed by atoms with van der Waals surface area (Å²) in [5.74, 6) is 0.444. The zero-order valence-electron chi connectivity index (χ0n) is 8.84. The Labute approximate surface area is 80.3 Å². The Kier molecular flexibility index (Phi) is 2.99. The molecule has 0 heterocycles. The van der Waals surface area contributed by atoms with Crippen LogP contribution in [0.5, 0.6) is 0 Å². The first-order valence-corrected chi connectivity index (χ1v) is 5.11. The van der Waals surface area contributed by atoms with Crippen molar-refractivity contribution in [1.82, 2.24) is 0 Å². The molecule has 1 fully saturated rings. The molecule has 0 saturated heterocycles. The summed E-state index contributed by atoms with van der Waals surface area (Å²) < 4.78 is 0. The fraction of sp³-hybridized carbons (Fsp3) is 0.909. The van der Waals surface area contributed by atoms with Crippen molar-refractivity contribution in [3.63, 3.8) is 0 Å². The number of hydrogen-bond donors (Lipinski definition) is 1. The molecule has 0 spiro atoms. The number of aliphatic carboxylic acids is 1. The van der Waals surface area contributed by atoms with E-state index in [0.29, 0.717) is 23.7 Å². The van der Waals surface area contributed by atoms with E-state index in [1.165, 1.54) is 6.42 Å². The standard InChI is InChI=1S/C11H20O2/c1-8-4-9(5-10(12)13)7-11(2,3)6-8/h8-9H,4-7H2,1-3H3,(H,12,13)/t8-,9-/m1/s1. The lowest BCUT2D eigenvalue weighted by Crippen LogP contribution is -2.28. The van der Waals surface area contributed by atoms with Crippen LogP contribution in [-0.4, -0.2) is 11.1 Å². The van der Waals surface area contributed by atoms with Gasteiger partial charge >= 0.3 is 5.97 Å². The normalized spacial score (nSPS) is 32.8. The molecule has 0 aromatic rings. The summed E-state index contributed by atoms with van der Waals surface area (Å²) in [5.41, 5.74) is 0.345. The molecule has 13 heavy (non-hydrogen) atoms. The molecule has 1 N–H and O–H groups in total. The monoisotopic (exact) mass is 184 g/mol. The highest BCUT2D eigenvalue weighted by Gasteiger charge is 2.32. The second-order valence-electron chi connectivity index (χ2n) is 5.38.